The predicted molar refractivity (Wildman–Crippen MR) is 43.8 cm³/mol. The van der Waals surface area contributed by atoms with Gasteiger partial charge in [0.25, 0.3) is 0 Å². The fourth-order valence-electron chi connectivity index (χ4n) is 1.14. The summed E-state index contributed by atoms with van der Waals surface area (Å²) in [5, 5.41) is -0.148. The standard InChI is InChI=1S/C7H16O2S/c1-4-7(5-2)6(3)10(8)9/h6-7,10H,4-5H2,1-3H3. The smallest absolute Gasteiger partial charge is 0.143 e. The molecule has 0 saturated carbocycles. The van der Waals surface area contributed by atoms with Gasteiger partial charge in [0.15, 0.2) is 0 Å². The van der Waals surface area contributed by atoms with Crippen molar-refractivity contribution in [2.45, 2.75) is 38.9 Å². The summed E-state index contributed by atoms with van der Waals surface area (Å²) in [6.07, 6.45) is 1.92. The van der Waals surface area contributed by atoms with Gasteiger partial charge in [-0.2, -0.15) is 0 Å². The molecule has 0 fully saturated rings. The van der Waals surface area contributed by atoms with E-state index < -0.39 is 10.7 Å². The maximum Gasteiger partial charge on any atom is 0.143 e. The molecule has 0 radical (unpaired) electrons. The summed E-state index contributed by atoms with van der Waals surface area (Å²) in [7, 11) is -2.21. The maximum atomic E-state index is 10.5. The van der Waals surface area contributed by atoms with Gasteiger partial charge >= 0.3 is 0 Å². The van der Waals surface area contributed by atoms with Gasteiger partial charge in [0.2, 0.25) is 0 Å². The highest BCUT2D eigenvalue weighted by molar-refractivity contribution is 7.73. The molecule has 1 atom stereocenters. The highest BCUT2D eigenvalue weighted by Gasteiger charge is 2.14. The van der Waals surface area contributed by atoms with Crippen molar-refractivity contribution in [2.24, 2.45) is 5.92 Å². The third-order valence-corrected chi connectivity index (χ3v) is 3.15. The number of hydrogen-bond donors (Lipinski definition) is 1. The summed E-state index contributed by atoms with van der Waals surface area (Å²) in [5.74, 6) is 0.348. The SMILES string of the molecule is CCC(CC)C(C)[SH](=O)=O. The minimum Gasteiger partial charge on any atom is -0.232 e. The molecular weight excluding hydrogens is 148 g/mol. The first-order chi connectivity index (χ1) is 4.63. The van der Waals surface area contributed by atoms with Crippen LogP contribution in [0.4, 0.5) is 0 Å². The van der Waals surface area contributed by atoms with Gasteiger partial charge in [-0.15, -0.1) is 0 Å². The second kappa shape index (κ2) is 4.72. The van der Waals surface area contributed by atoms with Gasteiger partial charge in [0, 0.05) is 0 Å². The van der Waals surface area contributed by atoms with Gasteiger partial charge in [0.1, 0.15) is 10.7 Å². The van der Waals surface area contributed by atoms with E-state index in [0.29, 0.717) is 5.92 Å². The Morgan fingerprint density at radius 3 is 1.70 bits per heavy atom. The Balaban J connectivity index is 4.01. The number of thiol groups is 1. The zero-order chi connectivity index (χ0) is 8.15. The van der Waals surface area contributed by atoms with Crippen LogP contribution in [0.15, 0.2) is 0 Å². The Bertz CT molecular complexity index is 140. The largest absolute Gasteiger partial charge is 0.232 e. The lowest BCUT2D eigenvalue weighted by atomic mass is 10.0. The number of rotatable bonds is 4. The van der Waals surface area contributed by atoms with Crippen LogP contribution in [0.25, 0.3) is 0 Å². The van der Waals surface area contributed by atoms with Crippen molar-refractivity contribution >= 4 is 10.7 Å². The first kappa shape index (κ1) is 9.95. The highest BCUT2D eigenvalue weighted by Crippen LogP contribution is 2.14. The van der Waals surface area contributed by atoms with Crippen LogP contribution < -0.4 is 0 Å². The van der Waals surface area contributed by atoms with E-state index >= 15 is 0 Å². The summed E-state index contributed by atoms with van der Waals surface area (Å²) in [4.78, 5) is 0. The van der Waals surface area contributed by atoms with Crippen LogP contribution in [0.3, 0.4) is 0 Å². The highest BCUT2D eigenvalue weighted by atomic mass is 32.2. The molecule has 0 aromatic carbocycles. The molecule has 1 unspecified atom stereocenters. The van der Waals surface area contributed by atoms with Crippen molar-refractivity contribution in [1.82, 2.24) is 0 Å². The minimum atomic E-state index is -2.21. The van der Waals surface area contributed by atoms with E-state index in [2.05, 4.69) is 0 Å². The Kier molecular flexibility index (Phi) is 4.69. The lowest BCUT2D eigenvalue weighted by Gasteiger charge is -2.14. The van der Waals surface area contributed by atoms with Gasteiger partial charge < -0.3 is 0 Å². The van der Waals surface area contributed by atoms with Gasteiger partial charge in [-0.25, -0.2) is 8.42 Å². The van der Waals surface area contributed by atoms with Crippen LogP contribution in [0, 0.1) is 5.92 Å². The molecule has 0 aromatic rings. The zero-order valence-electron chi connectivity index (χ0n) is 6.83. The monoisotopic (exact) mass is 164 g/mol. The summed E-state index contributed by atoms with van der Waals surface area (Å²) in [5.41, 5.74) is 0. The van der Waals surface area contributed by atoms with E-state index in [1.165, 1.54) is 0 Å². The summed E-state index contributed by atoms with van der Waals surface area (Å²) < 4.78 is 21.0. The lowest BCUT2D eigenvalue weighted by Crippen LogP contribution is -2.16. The van der Waals surface area contributed by atoms with E-state index in [1.807, 2.05) is 13.8 Å². The molecule has 0 spiro atoms. The van der Waals surface area contributed by atoms with E-state index in [-0.39, 0.29) is 5.25 Å². The van der Waals surface area contributed by atoms with Gasteiger partial charge in [0.05, 0.1) is 5.25 Å². The second-order valence-corrected chi connectivity index (χ2v) is 3.99. The van der Waals surface area contributed by atoms with Crippen LogP contribution in [0.2, 0.25) is 0 Å². The molecule has 3 heteroatoms. The molecule has 0 heterocycles. The third kappa shape index (κ3) is 2.69. The summed E-state index contributed by atoms with van der Waals surface area (Å²) in [6, 6.07) is 0. The zero-order valence-corrected chi connectivity index (χ0v) is 7.73. The average molecular weight is 164 g/mol. The predicted octanol–water partition coefficient (Wildman–Crippen LogP) is 1.42. The topological polar surface area (TPSA) is 34.1 Å². The Morgan fingerprint density at radius 1 is 1.20 bits per heavy atom. The molecule has 0 amide bonds. The first-order valence-electron chi connectivity index (χ1n) is 3.76. The van der Waals surface area contributed by atoms with Crippen LogP contribution >= 0.6 is 0 Å². The van der Waals surface area contributed by atoms with Crippen LogP contribution in [0.1, 0.15) is 33.6 Å². The van der Waals surface area contributed by atoms with E-state index in [0.717, 1.165) is 12.8 Å². The molecule has 10 heavy (non-hydrogen) atoms. The average Bonchev–Trinajstić information content (AvgIpc) is 1.90. The van der Waals surface area contributed by atoms with Crippen molar-refractivity contribution in [3.63, 3.8) is 0 Å². The Morgan fingerprint density at radius 2 is 1.60 bits per heavy atom. The molecule has 0 aliphatic rings. The quantitative estimate of drug-likeness (QED) is 0.638. The van der Waals surface area contributed by atoms with Crippen molar-refractivity contribution in [3.8, 4) is 0 Å². The summed E-state index contributed by atoms with van der Waals surface area (Å²) in [6.45, 7) is 5.84. The van der Waals surface area contributed by atoms with E-state index in [1.54, 1.807) is 6.92 Å². The van der Waals surface area contributed by atoms with Gasteiger partial charge in [-0.1, -0.05) is 26.7 Å². The molecule has 0 bridgehead atoms. The van der Waals surface area contributed by atoms with E-state index in [9.17, 15) is 8.42 Å². The molecule has 62 valence electrons. The fourth-order valence-corrected chi connectivity index (χ4v) is 1.91. The van der Waals surface area contributed by atoms with Crippen molar-refractivity contribution in [1.29, 1.82) is 0 Å². The molecular formula is C7H16O2S. The van der Waals surface area contributed by atoms with Gasteiger partial charge in [-0.3, -0.25) is 0 Å². The van der Waals surface area contributed by atoms with Crippen molar-refractivity contribution in [3.05, 3.63) is 0 Å². The van der Waals surface area contributed by atoms with Crippen molar-refractivity contribution < 1.29 is 8.42 Å². The maximum absolute atomic E-state index is 10.5. The molecule has 0 aliphatic carbocycles. The fraction of sp³-hybridized carbons (Fsp3) is 1.00. The Labute approximate surface area is 64.6 Å². The Hall–Kier alpha value is -0.0500. The summed E-state index contributed by atoms with van der Waals surface area (Å²) >= 11 is 0. The molecule has 0 aromatic heterocycles. The van der Waals surface area contributed by atoms with Gasteiger partial charge in [-0.05, 0) is 12.8 Å². The molecule has 0 N–H and O–H groups in total. The van der Waals surface area contributed by atoms with Crippen LogP contribution in [0.5, 0.6) is 0 Å². The first-order valence-corrected chi connectivity index (χ1v) is 5.01. The minimum absolute atomic E-state index is 0.148. The molecule has 0 saturated heterocycles. The normalized spacial score (nSPS) is 14.5. The second-order valence-electron chi connectivity index (χ2n) is 2.60. The van der Waals surface area contributed by atoms with Crippen LogP contribution in [-0.4, -0.2) is 13.7 Å². The van der Waals surface area contributed by atoms with Crippen molar-refractivity contribution in [2.75, 3.05) is 0 Å². The molecule has 0 rings (SSSR count). The third-order valence-electron chi connectivity index (χ3n) is 2.06. The number of hydrogen-bond acceptors (Lipinski definition) is 2. The molecule has 2 nitrogen and oxygen atoms in total. The van der Waals surface area contributed by atoms with Crippen LogP contribution in [-0.2, 0) is 10.7 Å². The lowest BCUT2D eigenvalue weighted by molar-refractivity contribution is 0.470. The van der Waals surface area contributed by atoms with E-state index in [4.69, 9.17) is 0 Å². The molecule has 0 aliphatic heterocycles.